The molecule has 0 aromatic carbocycles. The first-order valence-corrected chi connectivity index (χ1v) is 7.94. The number of rotatable bonds is 7. The number of hydrogen-bond donors (Lipinski definition) is 1. The van der Waals surface area contributed by atoms with Crippen molar-refractivity contribution in [3.8, 4) is 0 Å². The van der Waals surface area contributed by atoms with Crippen molar-refractivity contribution in [3.05, 3.63) is 11.7 Å². The van der Waals surface area contributed by atoms with Crippen LogP contribution in [0.3, 0.4) is 0 Å². The Balaban J connectivity index is 0.00000264. The molecule has 23 heavy (non-hydrogen) atoms. The first kappa shape index (κ1) is 19.9. The van der Waals surface area contributed by atoms with Crippen LogP contribution < -0.4 is 5.73 Å². The van der Waals surface area contributed by atoms with Crippen molar-refractivity contribution in [2.75, 3.05) is 13.7 Å². The topological polar surface area (TPSA) is 94.5 Å². The Kier molecular flexibility index (Phi) is 7.94. The van der Waals surface area contributed by atoms with E-state index >= 15 is 0 Å². The van der Waals surface area contributed by atoms with Gasteiger partial charge in [-0.2, -0.15) is 4.98 Å². The van der Waals surface area contributed by atoms with Gasteiger partial charge in [-0.15, -0.1) is 12.4 Å². The third-order valence-electron chi connectivity index (χ3n) is 4.22. The summed E-state index contributed by atoms with van der Waals surface area (Å²) < 4.78 is 10.6. The number of nitrogens with two attached hydrogens (primary N) is 1. The van der Waals surface area contributed by atoms with Crippen molar-refractivity contribution >= 4 is 18.3 Å². The Hall–Kier alpha value is -1.18. The van der Waals surface area contributed by atoms with Gasteiger partial charge in [-0.25, -0.2) is 0 Å². The van der Waals surface area contributed by atoms with E-state index < -0.39 is 0 Å². The smallest absolute Gasteiger partial charge is 0.246 e. The summed E-state index contributed by atoms with van der Waals surface area (Å²) in [6.07, 6.45) is 3.46. The summed E-state index contributed by atoms with van der Waals surface area (Å²) in [6, 6.07) is 0.152. The minimum Gasteiger partial charge on any atom is -0.371 e. The molecule has 0 aliphatic heterocycles. The van der Waals surface area contributed by atoms with Crippen LogP contribution in [0.1, 0.15) is 57.3 Å². The van der Waals surface area contributed by atoms with Crippen molar-refractivity contribution in [2.24, 2.45) is 11.7 Å². The zero-order valence-corrected chi connectivity index (χ0v) is 14.8. The van der Waals surface area contributed by atoms with Crippen molar-refractivity contribution in [1.82, 2.24) is 15.0 Å². The van der Waals surface area contributed by atoms with Gasteiger partial charge in [0.2, 0.25) is 11.8 Å². The lowest BCUT2D eigenvalue weighted by Crippen LogP contribution is -2.32. The first-order chi connectivity index (χ1) is 10.5. The van der Waals surface area contributed by atoms with Gasteiger partial charge in [0.25, 0.3) is 0 Å². The third kappa shape index (κ3) is 5.44. The van der Waals surface area contributed by atoms with Gasteiger partial charge in [-0.1, -0.05) is 11.6 Å². The molecule has 0 radical (unpaired) electrons. The van der Waals surface area contributed by atoms with Crippen LogP contribution in [-0.2, 0) is 16.1 Å². The molecule has 1 heterocycles. The first-order valence-electron chi connectivity index (χ1n) is 7.94. The highest BCUT2D eigenvalue weighted by Gasteiger charge is 2.27. The van der Waals surface area contributed by atoms with Gasteiger partial charge < -0.3 is 19.9 Å². The normalized spacial score (nSPS) is 21.7. The molecule has 0 bridgehead atoms. The number of carbonyl (C=O) groups is 1. The van der Waals surface area contributed by atoms with Crippen molar-refractivity contribution < 1.29 is 14.1 Å². The Morgan fingerprint density at radius 2 is 2.26 bits per heavy atom. The van der Waals surface area contributed by atoms with E-state index in [9.17, 15) is 4.79 Å². The molecule has 8 heteroatoms. The fourth-order valence-electron chi connectivity index (χ4n) is 2.81. The zero-order chi connectivity index (χ0) is 16.1. The van der Waals surface area contributed by atoms with Crippen LogP contribution in [-0.4, -0.2) is 40.6 Å². The van der Waals surface area contributed by atoms with Crippen LogP contribution in [0.5, 0.6) is 0 Å². The molecule has 1 unspecified atom stereocenters. The van der Waals surface area contributed by atoms with E-state index in [0.29, 0.717) is 37.2 Å². The maximum atomic E-state index is 12.2. The van der Waals surface area contributed by atoms with Crippen LogP contribution in [0.4, 0.5) is 0 Å². The van der Waals surface area contributed by atoms with Gasteiger partial charge in [0.05, 0.1) is 6.54 Å². The maximum Gasteiger partial charge on any atom is 0.246 e. The maximum absolute atomic E-state index is 12.2. The molecule has 0 saturated heterocycles. The Labute approximate surface area is 143 Å². The standard InChI is InChI=1S/C15H26N4O3.ClH/c1-4-21-10(2)15-17-13(22-18-15)9-19(3)14(20)8-11-6-5-7-12(11)16;/h10-12H,4-9,16H2,1-3H3;1H/t10?,11-,12+;/m0./s1. The molecule has 2 N–H and O–H groups in total. The predicted molar refractivity (Wildman–Crippen MR) is 88.0 cm³/mol. The SMILES string of the molecule is CCOC(C)c1noc(CN(C)C(=O)C[C@@H]2CCC[C@H]2N)n1.Cl. The Morgan fingerprint density at radius 1 is 1.52 bits per heavy atom. The van der Waals surface area contributed by atoms with E-state index in [4.69, 9.17) is 15.0 Å². The second-order valence-corrected chi connectivity index (χ2v) is 5.95. The van der Waals surface area contributed by atoms with Crippen molar-refractivity contribution in [3.63, 3.8) is 0 Å². The summed E-state index contributed by atoms with van der Waals surface area (Å²) >= 11 is 0. The zero-order valence-electron chi connectivity index (χ0n) is 14.0. The highest BCUT2D eigenvalue weighted by Crippen LogP contribution is 2.27. The van der Waals surface area contributed by atoms with E-state index in [1.807, 2.05) is 13.8 Å². The van der Waals surface area contributed by atoms with E-state index in [1.54, 1.807) is 11.9 Å². The van der Waals surface area contributed by atoms with E-state index in [0.717, 1.165) is 19.3 Å². The quantitative estimate of drug-likeness (QED) is 0.812. The summed E-state index contributed by atoms with van der Waals surface area (Å²) in [7, 11) is 1.75. The highest BCUT2D eigenvalue weighted by atomic mass is 35.5. The minimum absolute atomic E-state index is 0. The molecule has 3 atom stereocenters. The van der Waals surface area contributed by atoms with Gasteiger partial charge in [-0.3, -0.25) is 4.79 Å². The summed E-state index contributed by atoms with van der Waals surface area (Å²) in [5.41, 5.74) is 6.02. The van der Waals surface area contributed by atoms with E-state index in [-0.39, 0.29) is 30.5 Å². The molecule has 1 aliphatic rings. The number of halogens is 1. The van der Waals surface area contributed by atoms with Crippen molar-refractivity contribution in [1.29, 1.82) is 0 Å². The van der Waals surface area contributed by atoms with E-state index in [1.165, 1.54) is 0 Å². The van der Waals surface area contributed by atoms with Crippen LogP contribution in [0, 0.1) is 5.92 Å². The molecule has 0 spiro atoms. The van der Waals surface area contributed by atoms with Crippen LogP contribution in [0.25, 0.3) is 0 Å². The number of amides is 1. The molecule has 1 saturated carbocycles. The minimum atomic E-state index is -0.208. The fourth-order valence-corrected chi connectivity index (χ4v) is 2.81. The van der Waals surface area contributed by atoms with E-state index in [2.05, 4.69) is 10.1 Å². The van der Waals surface area contributed by atoms with Gasteiger partial charge in [0.1, 0.15) is 6.10 Å². The number of ether oxygens (including phenoxy) is 1. The molecule has 7 nitrogen and oxygen atoms in total. The second-order valence-electron chi connectivity index (χ2n) is 5.95. The lowest BCUT2D eigenvalue weighted by molar-refractivity contribution is -0.131. The molecule has 1 amide bonds. The fraction of sp³-hybridized carbons (Fsp3) is 0.800. The summed E-state index contributed by atoms with van der Waals surface area (Å²) in [4.78, 5) is 18.1. The predicted octanol–water partition coefficient (Wildman–Crippen LogP) is 2.06. The number of carbonyl (C=O) groups excluding carboxylic acids is 1. The number of nitrogens with zero attached hydrogens (tertiary/aromatic N) is 3. The molecular formula is C15H27ClN4O3. The lowest BCUT2D eigenvalue weighted by Gasteiger charge is -2.19. The molecule has 1 aliphatic carbocycles. The Morgan fingerprint density at radius 3 is 2.87 bits per heavy atom. The average Bonchev–Trinajstić information content (AvgIpc) is 3.09. The average molecular weight is 347 g/mol. The van der Waals surface area contributed by atoms with Crippen molar-refractivity contribution in [2.45, 2.75) is 58.2 Å². The van der Waals surface area contributed by atoms with Gasteiger partial charge in [-0.05, 0) is 32.6 Å². The monoisotopic (exact) mass is 346 g/mol. The molecular weight excluding hydrogens is 320 g/mol. The van der Waals surface area contributed by atoms with Crippen LogP contribution >= 0.6 is 12.4 Å². The largest absolute Gasteiger partial charge is 0.371 e. The van der Waals surface area contributed by atoms with Gasteiger partial charge in [0, 0.05) is 26.1 Å². The summed E-state index contributed by atoms with van der Waals surface area (Å²) in [5.74, 6) is 1.30. The highest BCUT2D eigenvalue weighted by molar-refractivity contribution is 5.85. The molecule has 1 fully saturated rings. The van der Waals surface area contributed by atoms with Gasteiger partial charge in [0.15, 0.2) is 5.82 Å². The Bertz CT molecular complexity index is 497. The number of aromatic nitrogens is 2. The third-order valence-corrected chi connectivity index (χ3v) is 4.22. The van der Waals surface area contributed by atoms with Gasteiger partial charge >= 0.3 is 0 Å². The molecule has 132 valence electrons. The summed E-state index contributed by atoms with van der Waals surface area (Å²) in [5, 5.41) is 3.89. The van der Waals surface area contributed by atoms with Crippen LogP contribution in [0.15, 0.2) is 4.52 Å². The number of hydrogen-bond acceptors (Lipinski definition) is 6. The lowest BCUT2D eigenvalue weighted by atomic mass is 9.99. The molecule has 1 aromatic heterocycles. The summed E-state index contributed by atoms with van der Waals surface area (Å²) in [6.45, 7) is 4.68. The van der Waals surface area contributed by atoms with Crippen LogP contribution in [0.2, 0.25) is 0 Å². The molecule has 2 rings (SSSR count). The second kappa shape index (κ2) is 9.20. The molecule has 1 aromatic rings.